The molecular formula is C6H7Cl2N3. The van der Waals surface area contributed by atoms with E-state index in [1.54, 1.807) is 6.20 Å². The zero-order valence-corrected chi connectivity index (χ0v) is 7.15. The van der Waals surface area contributed by atoms with Crippen molar-refractivity contribution >= 4 is 35.7 Å². The summed E-state index contributed by atoms with van der Waals surface area (Å²) in [6, 6.07) is 0. The van der Waals surface area contributed by atoms with Gasteiger partial charge >= 0.3 is 0 Å². The van der Waals surface area contributed by atoms with Crippen LogP contribution in [-0.2, 0) is 0 Å². The summed E-state index contributed by atoms with van der Waals surface area (Å²) in [6.07, 6.45) is 7.03. The van der Waals surface area contributed by atoms with E-state index in [0.717, 1.165) is 10.9 Å². The third-order valence-electron chi connectivity index (χ3n) is 1.23. The molecule has 11 heavy (non-hydrogen) atoms. The maximum Gasteiger partial charge on any atom is 0.116 e. The molecule has 0 saturated carbocycles. The molecule has 0 bridgehead atoms. The zero-order valence-electron chi connectivity index (χ0n) is 5.52. The van der Waals surface area contributed by atoms with Crippen LogP contribution < -0.4 is 0 Å². The summed E-state index contributed by atoms with van der Waals surface area (Å²) in [5.74, 6) is 0. The topological polar surface area (TPSA) is 41.6 Å². The predicted molar refractivity (Wildman–Crippen MR) is 48.4 cm³/mol. The molecule has 2 rings (SSSR count). The first-order valence-corrected chi connectivity index (χ1v) is 2.69. The number of aromatic amines is 1. The highest BCUT2D eigenvalue weighted by Gasteiger charge is 1.89. The summed E-state index contributed by atoms with van der Waals surface area (Å²) in [5.41, 5.74) is 0.963. The third-order valence-corrected chi connectivity index (χ3v) is 1.23. The van der Waals surface area contributed by atoms with Gasteiger partial charge in [-0.25, -0.2) is 9.97 Å². The first-order chi connectivity index (χ1) is 4.47. The summed E-state index contributed by atoms with van der Waals surface area (Å²) >= 11 is 0. The van der Waals surface area contributed by atoms with Crippen LogP contribution in [0.1, 0.15) is 0 Å². The normalized spacial score (nSPS) is 8.36. The maximum atomic E-state index is 4.00. The summed E-state index contributed by atoms with van der Waals surface area (Å²) in [6.45, 7) is 0. The molecule has 0 aromatic carbocycles. The van der Waals surface area contributed by atoms with Crippen molar-refractivity contribution in [2.24, 2.45) is 0 Å². The van der Waals surface area contributed by atoms with Crippen molar-refractivity contribution in [3.05, 3.63) is 24.9 Å². The zero-order chi connectivity index (χ0) is 6.10. The Kier molecular flexibility index (Phi) is 3.85. The van der Waals surface area contributed by atoms with E-state index in [1.165, 1.54) is 6.33 Å². The van der Waals surface area contributed by atoms with E-state index >= 15 is 0 Å². The lowest BCUT2D eigenvalue weighted by atomic mass is 10.4. The van der Waals surface area contributed by atoms with Crippen molar-refractivity contribution in [3.8, 4) is 0 Å². The van der Waals surface area contributed by atoms with Crippen molar-refractivity contribution in [1.29, 1.82) is 0 Å². The molecule has 2 aromatic heterocycles. The van der Waals surface area contributed by atoms with Gasteiger partial charge in [0.25, 0.3) is 0 Å². The molecule has 2 aromatic rings. The Bertz CT molecular complexity index is 290. The highest BCUT2D eigenvalue weighted by atomic mass is 35.5. The molecule has 3 nitrogen and oxygen atoms in total. The molecule has 0 radical (unpaired) electrons. The highest BCUT2D eigenvalue weighted by Crippen LogP contribution is 2.04. The highest BCUT2D eigenvalue weighted by molar-refractivity contribution is 5.85. The van der Waals surface area contributed by atoms with Crippen LogP contribution in [0.4, 0.5) is 0 Å². The van der Waals surface area contributed by atoms with Crippen molar-refractivity contribution in [3.63, 3.8) is 0 Å². The molecule has 60 valence electrons. The van der Waals surface area contributed by atoms with E-state index in [-0.39, 0.29) is 24.8 Å². The van der Waals surface area contributed by atoms with Crippen LogP contribution in [0.2, 0.25) is 0 Å². The van der Waals surface area contributed by atoms with Gasteiger partial charge in [-0.3, -0.25) is 0 Å². The van der Waals surface area contributed by atoms with Crippen LogP contribution in [0.25, 0.3) is 10.9 Å². The minimum Gasteiger partial charge on any atom is -0.365 e. The molecule has 5 heteroatoms. The minimum atomic E-state index is 0. The number of H-pyrrole nitrogens is 1. The summed E-state index contributed by atoms with van der Waals surface area (Å²) in [4.78, 5) is 10.8. The lowest BCUT2D eigenvalue weighted by molar-refractivity contribution is 1.23. The molecule has 0 saturated heterocycles. The molecule has 0 unspecified atom stereocenters. The fourth-order valence-electron chi connectivity index (χ4n) is 0.792. The predicted octanol–water partition coefficient (Wildman–Crippen LogP) is 1.80. The van der Waals surface area contributed by atoms with E-state index in [9.17, 15) is 0 Å². The molecule has 0 atom stereocenters. The fraction of sp³-hybridized carbons (Fsp3) is 0. The Morgan fingerprint density at radius 1 is 1.18 bits per heavy atom. The Morgan fingerprint density at radius 3 is 2.73 bits per heavy atom. The van der Waals surface area contributed by atoms with Crippen LogP contribution >= 0.6 is 24.8 Å². The minimum absolute atomic E-state index is 0. The second kappa shape index (κ2) is 4.16. The number of hydrogen-bond acceptors (Lipinski definition) is 2. The Hall–Kier alpha value is -0.800. The summed E-state index contributed by atoms with van der Waals surface area (Å²) in [7, 11) is 0. The van der Waals surface area contributed by atoms with Crippen molar-refractivity contribution in [2.45, 2.75) is 0 Å². The first-order valence-electron chi connectivity index (χ1n) is 2.69. The van der Waals surface area contributed by atoms with Crippen molar-refractivity contribution < 1.29 is 0 Å². The number of hydrogen-bond donors (Lipinski definition) is 1. The standard InChI is InChI=1S/C6H5N3.2ClH/c1-5-2-8-4-9-6(5)3-7-1;;/h1-4,7H;2*1H. The lowest BCUT2D eigenvalue weighted by Gasteiger charge is -1.80. The SMILES string of the molecule is Cl.Cl.c1ncc2c[nH]cc2n1. The van der Waals surface area contributed by atoms with E-state index in [1.807, 2.05) is 12.4 Å². The Labute approximate surface area is 76.1 Å². The van der Waals surface area contributed by atoms with E-state index in [4.69, 9.17) is 0 Å². The van der Waals surface area contributed by atoms with Crippen molar-refractivity contribution in [2.75, 3.05) is 0 Å². The molecule has 0 aliphatic heterocycles. The van der Waals surface area contributed by atoms with Gasteiger partial charge in [0.1, 0.15) is 6.33 Å². The number of halogens is 2. The van der Waals surface area contributed by atoms with Crippen LogP contribution in [0.5, 0.6) is 0 Å². The Balaban J connectivity index is 0.000000500. The van der Waals surface area contributed by atoms with Crippen LogP contribution in [0, 0.1) is 0 Å². The van der Waals surface area contributed by atoms with Gasteiger partial charge < -0.3 is 4.98 Å². The fourth-order valence-corrected chi connectivity index (χ4v) is 0.792. The van der Waals surface area contributed by atoms with E-state index in [0.29, 0.717) is 0 Å². The summed E-state index contributed by atoms with van der Waals surface area (Å²) < 4.78 is 0. The van der Waals surface area contributed by atoms with Gasteiger partial charge in [0.15, 0.2) is 0 Å². The largest absolute Gasteiger partial charge is 0.365 e. The average Bonchev–Trinajstić information content (AvgIpc) is 2.33. The maximum absolute atomic E-state index is 4.00. The molecular weight excluding hydrogens is 185 g/mol. The van der Waals surface area contributed by atoms with Gasteiger partial charge in [0, 0.05) is 24.0 Å². The molecule has 0 spiro atoms. The number of nitrogens with one attached hydrogen (secondary N) is 1. The summed E-state index contributed by atoms with van der Waals surface area (Å²) in [5, 5.41) is 1.05. The van der Waals surface area contributed by atoms with Gasteiger partial charge in [-0.1, -0.05) is 0 Å². The molecule has 0 aliphatic carbocycles. The van der Waals surface area contributed by atoms with Crippen LogP contribution in [0.3, 0.4) is 0 Å². The number of rotatable bonds is 0. The quantitative estimate of drug-likeness (QED) is 0.691. The molecule has 0 amide bonds. The van der Waals surface area contributed by atoms with Crippen molar-refractivity contribution in [1.82, 2.24) is 15.0 Å². The second-order valence-corrected chi connectivity index (χ2v) is 1.82. The molecule has 1 N–H and O–H groups in total. The number of aromatic nitrogens is 3. The van der Waals surface area contributed by atoms with Gasteiger partial charge in [-0.05, 0) is 0 Å². The Morgan fingerprint density at radius 2 is 2.00 bits per heavy atom. The van der Waals surface area contributed by atoms with E-state index in [2.05, 4.69) is 15.0 Å². The number of nitrogens with zero attached hydrogens (tertiary/aromatic N) is 2. The van der Waals surface area contributed by atoms with Gasteiger partial charge in [0.2, 0.25) is 0 Å². The number of fused-ring (bicyclic) bond motifs is 1. The first kappa shape index (κ1) is 10.2. The van der Waals surface area contributed by atoms with E-state index < -0.39 is 0 Å². The average molecular weight is 192 g/mol. The molecule has 2 heterocycles. The lowest BCUT2D eigenvalue weighted by Crippen LogP contribution is -1.72. The smallest absolute Gasteiger partial charge is 0.116 e. The monoisotopic (exact) mass is 191 g/mol. The van der Waals surface area contributed by atoms with Gasteiger partial charge in [-0.15, -0.1) is 24.8 Å². The van der Waals surface area contributed by atoms with Crippen LogP contribution in [-0.4, -0.2) is 15.0 Å². The van der Waals surface area contributed by atoms with Gasteiger partial charge in [0.05, 0.1) is 5.52 Å². The second-order valence-electron chi connectivity index (χ2n) is 1.82. The molecule has 0 aliphatic rings. The van der Waals surface area contributed by atoms with Crippen LogP contribution in [0.15, 0.2) is 24.9 Å². The molecule has 0 fully saturated rings. The third kappa shape index (κ3) is 1.82. The van der Waals surface area contributed by atoms with Gasteiger partial charge in [-0.2, -0.15) is 0 Å².